The lowest BCUT2D eigenvalue weighted by atomic mass is 10.1. The fourth-order valence-corrected chi connectivity index (χ4v) is 2.27. The summed E-state index contributed by atoms with van der Waals surface area (Å²) in [6, 6.07) is 8.07. The number of hydrogen-bond acceptors (Lipinski definition) is 4. The zero-order chi connectivity index (χ0) is 12.8. The standard InChI is InChI=1S/C14H22N2O2.ClH/c1-2-18-14-6-4-3-5-11(14)7-15-8-12-9-16-10-13(12)17;/h3-6,12-13,15-17H,2,7-10H2,1H3;1H. The van der Waals surface area contributed by atoms with Gasteiger partial charge in [0, 0.05) is 37.7 Å². The van der Waals surface area contributed by atoms with Crippen molar-refractivity contribution in [3.63, 3.8) is 0 Å². The molecule has 4 nitrogen and oxygen atoms in total. The normalized spacial score (nSPS) is 22.0. The van der Waals surface area contributed by atoms with Crippen LogP contribution in [0.4, 0.5) is 0 Å². The monoisotopic (exact) mass is 286 g/mol. The van der Waals surface area contributed by atoms with Crippen LogP contribution in [0.5, 0.6) is 5.75 Å². The highest BCUT2D eigenvalue weighted by Gasteiger charge is 2.24. The molecule has 19 heavy (non-hydrogen) atoms. The number of hydrogen-bond donors (Lipinski definition) is 3. The first-order valence-electron chi connectivity index (χ1n) is 6.61. The Hall–Kier alpha value is -0.810. The zero-order valence-corrected chi connectivity index (χ0v) is 12.1. The van der Waals surface area contributed by atoms with E-state index in [4.69, 9.17) is 4.74 Å². The maximum absolute atomic E-state index is 9.70. The predicted octanol–water partition coefficient (Wildman–Crippen LogP) is 1.18. The van der Waals surface area contributed by atoms with E-state index in [0.29, 0.717) is 19.1 Å². The van der Waals surface area contributed by atoms with Gasteiger partial charge < -0.3 is 20.5 Å². The predicted molar refractivity (Wildman–Crippen MR) is 78.9 cm³/mol. The van der Waals surface area contributed by atoms with E-state index in [1.54, 1.807) is 0 Å². The molecular formula is C14H23ClN2O2. The molecule has 2 atom stereocenters. The number of rotatable bonds is 6. The summed E-state index contributed by atoms with van der Waals surface area (Å²) < 4.78 is 5.58. The van der Waals surface area contributed by atoms with Gasteiger partial charge in [-0.05, 0) is 13.0 Å². The van der Waals surface area contributed by atoms with E-state index < -0.39 is 0 Å². The van der Waals surface area contributed by atoms with Gasteiger partial charge >= 0.3 is 0 Å². The number of β-amino-alcohol motifs (C(OH)–C–C–N with tert-alkyl or cyclic N) is 1. The van der Waals surface area contributed by atoms with Crippen LogP contribution in [0, 0.1) is 5.92 Å². The van der Waals surface area contributed by atoms with Crippen LogP contribution < -0.4 is 15.4 Å². The Balaban J connectivity index is 0.00000180. The largest absolute Gasteiger partial charge is 0.494 e. The van der Waals surface area contributed by atoms with Crippen molar-refractivity contribution in [3.8, 4) is 5.75 Å². The van der Waals surface area contributed by atoms with E-state index in [1.807, 2.05) is 25.1 Å². The summed E-state index contributed by atoms with van der Waals surface area (Å²) in [5.41, 5.74) is 1.17. The molecule has 2 unspecified atom stereocenters. The van der Waals surface area contributed by atoms with Crippen LogP contribution in [-0.2, 0) is 6.54 Å². The maximum atomic E-state index is 9.70. The van der Waals surface area contributed by atoms with Crippen LogP contribution in [0.25, 0.3) is 0 Å². The molecule has 0 bridgehead atoms. The lowest BCUT2D eigenvalue weighted by molar-refractivity contribution is 0.146. The number of ether oxygens (including phenoxy) is 1. The second-order valence-electron chi connectivity index (χ2n) is 4.66. The van der Waals surface area contributed by atoms with Crippen molar-refractivity contribution in [1.82, 2.24) is 10.6 Å². The van der Waals surface area contributed by atoms with Gasteiger partial charge in [0.2, 0.25) is 0 Å². The van der Waals surface area contributed by atoms with Crippen molar-refractivity contribution in [2.24, 2.45) is 5.92 Å². The van der Waals surface area contributed by atoms with Gasteiger partial charge in [0.25, 0.3) is 0 Å². The first-order chi connectivity index (χ1) is 8.81. The van der Waals surface area contributed by atoms with Crippen LogP contribution in [0.1, 0.15) is 12.5 Å². The molecule has 0 aliphatic carbocycles. The summed E-state index contributed by atoms with van der Waals surface area (Å²) >= 11 is 0. The van der Waals surface area contributed by atoms with Gasteiger partial charge in [-0.3, -0.25) is 0 Å². The van der Waals surface area contributed by atoms with Gasteiger partial charge in [-0.1, -0.05) is 18.2 Å². The smallest absolute Gasteiger partial charge is 0.123 e. The van der Waals surface area contributed by atoms with E-state index in [-0.39, 0.29) is 18.5 Å². The van der Waals surface area contributed by atoms with Crippen molar-refractivity contribution < 1.29 is 9.84 Å². The lowest BCUT2D eigenvalue weighted by Crippen LogP contribution is -2.30. The highest BCUT2D eigenvalue weighted by molar-refractivity contribution is 5.85. The average Bonchev–Trinajstić information content (AvgIpc) is 2.78. The second kappa shape index (κ2) is 8.38. The van der Waals surface area contributed by atoms with Gasteiger partial charge in [0.15, 0.2) is 0 Å². The van der Waals surface area contributed by atoms with Crippen LogP contribution in [0.3, 0.4) is 0 Å². The van der Waals surface area contributed by atoms with Crippen molar-refractivity contribution in [2.45, 2.75) is 19.6 Å². The number of aliphatic hydroxyl groups excluding tert-OH is 1. The molecular weight excluding hydrogens is 264 g/mol. The van der Waals surface area contributed by atoms with Gasteiger partial charge in [-0.2, -0.15) is 0 Å². The maximum Gasteiger partial charge on any atom is 0.123 e. The fraction of sp³-hybridized carbons (Fsp3) is 0.571. The molecule has 1 saturated heterocycles. The highest BCUT2D eigenvalue weighted by atomic mass is 35.5. The molecule has 1 aromatic carbocycles. The van der Waals surface area contributed by atoms with Crippen LogP contribution >= 0.6 is 12.4 Å². The third kappa shape index (κ3) is 4.66. The van der Waals surface area contributed by atoms with E-state index in [1.165, 1.54) is 5.56 Å². The zero-order valence-electron chi connectivity index (χ0n) is 11.3. The Morgan fingerprint density at radius 1 is 1.37 bits per heavy atom. The summed E-state index contributed by atoms with van der Waals surface area (Å²) in [7, 11) is 0. The molecule has 1 fully saturated rings. The molecule has 0 saturated carbocycles. The van der Waals surface area contributed by atoms with E-state index in [9.17, 15) is 5.11 Å². The minimum atomic E-state index is -0.223. The first kappa shape index (κ1) is 16.2. The molecule has 0 spiro atoms. The van der Waals surface area contributed by atoms with Crippen molar-refractivity contribution in [3.05, 3.63) is 29.8 Å². The molecule has 5 heteroatoms. The molecule has 0 aromatic heterocycles. The van der Waals surface area contributed by atoms with Crippen LogP contribution in [0.15, 0.2) is 24.3 Å². The number of nitrogens with one attached hydrogen (secondary N) is 2. The highest BCUT2D eigenvalue weighted by Crippen LogP contribution is 2.17. The lowest BCUT2D eigenvalue weighted by Gasteiger charge is -2.15. The third-order valence-electron chi connectivity index (χ3n) is 3.30. The molecule has 1 aliphatic rings. The molecule has 2 rings (SSSR count). The number of aliphatic hydroxyl groups is 1. The molecule has 1 aliphatic heterocycles. The minimum absolute atomic E-state index is 0. The molecule has 3 N–H and O–H groups in total. The van der Waals surface area contributed by atoms with Crippen molar-refractivity contribution in [2.75, 3.05) is 26.2 Å². The minimum Gasteiger partial charge on any atom is -0.494 e. The van der Waals surface area contributed by atoms with Gasteiger partial charge in [-0.15, -0.1) is 12.4 Å². The molecule has 1 heterocycles. The van der Waals surface area contributed by atoms with Gasteiger partial charge in [-0.25, -0.2) is 0 Å². The second-order valence-corrected chi connectivity index (χ2v) is 4.66. The number of para-hydroxylation sites is 1. The first-order valence-corrected chi connectivity index (χ1v) is 6.61. The molecule has 1 aromatic rings. The summed E-state index contributed by atoms with van der Waals surface area (Å²) in [6.45, 7) is 5.88. The Kier molecular flexibility index (Phi) is 7.16. The Bertz CT molecular complexity index is 376. The fourth-order valence-electron chi connectivity index (χ4n) is 2.27. The number of benzene rings is 1. The molecule has 108 valence electrons. The Morgan fingerprint density at radius 2 is 2.16 bits per heavy atom. The summed E-state index contributed by atoms with van der Waals surface area (Å²) in [5, 5.41) is 16.3. The van der Waals surface area contributed by atoms with Crippen molar-refractivity contribution in [1.29, 1.82) is 0 Å². The molecule has 0 amide bonds. The molecule has 0 radical (unpaired) electrons. The van der Waals surface area contributed by atoms with E-state index in [2.05, 4.69) is 16.7 Å². The Labute approximate surface area is 121 Å². The average molecular weight is 287 g/mol. The number of halogens is 1. The van der Waals surface area contributed by atoms with Crippen molar-refractivity contribution >= 4 is 12.4 Å². The van der Waals surface area contributed by atoms with Crippen LogP contribution in [-0.4, -0.2) is 37.5 Å². The summed E-state index contributed by atoms with van der Waals surface area (Å²) in [6.07, 6.45) is -0.223. The van der Waals surface area contributed by atoms with Crippen LogP contribution in [0.2, 0.25) is 0 Å². The summed E-state index contributed by atoms with van der Waals surface area (Å²) in [5.74, 6) is 1.25. The summed E-state index contributed by atoms with van der Waals surface area (Å²) in [4.78, 5) is 0. The SMILES string of the molecule is CCOc1ccccc1CNCC1CNCC1O.Cl. The van der Waals surface area contributed by atoms with E-state index >= 15 is 0 Å². The van der Waals surface area contributed by atoms with Gasteiger partial charge in [0.05, 0.1) is 12.7 Å². The van der Waals surface area contributed by atoms with E-state index in [0.717, 1.165) is 25.4 Å². The third-order valence-corrected chi connectivity index (χ3v) is 3.30. The quantitative estimate of drug-likeness (QED) is 0.735. The topological polar surface area (TPSA) is 53.5 Å². The van der Waals surface area contributed by atoms with Gasteiger partial charge in [0.1, 0.15) is 5.75 Å². The Morgan fingerprint density at radius 3 is 2.84 bits per heavy atom.